The lowest BCUT2D eigenvalue weighted by Crippen LogP contribution is -2.34. The van der Waals surface area contributed by atoms with Crippen molar-refractivity contribution >= 4 is 6.71 Å². The minimum atomic E-state index is 0.609. The summed E-state index contributed by atoms with van der Waals surface area (Å²) in [5.74, 6) is 1.94. The summed E-state index contributed by atoms with van der Waals surface area (Å²) in [5, 5.41) is 0. The van der Waals surface area contributed by atoms with Gasteiger partial charge in [0.05, 0.1) is 0 Å². The molecule has 0 nitrogen and oxygen atoms in total. The fraction of sp³-hybridized carbons (Fsp3) is 1.00. The third-order valence-electron chi connectivity index (χ3n) is 5.56. The maximum Gasteiger partial charge on any atom is 0.140 e. The Kier molecular flexibility index (Phi) is 3.67. The summed E-state index contributed by atoms with van der Waals surface area (Å²) in [6.45, 7) is 13.3. The summed E-state index contributed by atoms with van der Waals surface area (Å²) >= 11 is 0. The molecule has 0 radical (unpaired) electrons. The average molecular weight is 234 g/mol. The van der Waals surface area contributed by atoms with E-state index < -0.39 is 0 Å². The van der Waals surface area contributed by atoms with Crippen LogP contribution in [0.3, 0.4) is 0 Å². The van der Waals surface area contributed by atoms with E-state index in [9.17, 15) is 0 Å². The summed E-state index contributed by atoms with van der Waals surface area (Å²) in [4.78, 5) is 0. The van der Waals surface area contributed by atoms with Crippen LogP contribution >= 0.6 is 0 Å². The van der Waals surface area contributed by atoms with Gasteiger partial charge in [-0.25, -0.2) is 0 Å². The summed E-state index contributed by atoms with van der Waals surface area (Å²) in [5.41, 5.74) is 1.29. The number of rotatable bonds is 3. The van der Waals surface area contributed by atoms with Crippen molar-refractivity contribution in [3.05, 3.63) is 0 Å². The van der Waals surface area contributed by atoms with Crippen LogP contribution in [0.4, 0.5) is 0 Å². The van der Waals surface area contributed by atoms with Crippen molar-refractivity contribution in [3.8, 4) is 0 Å². The largest absolute Gasteiger partial charge is 0.140 e. The van der Waals surface area contributed by atoms with E-state index in [2.05, 4.69) is 34.6 Å². The van der Waals surface area contributed by atoms with Crippen LogP contribution in [-0.2, 0) is 0 Å². The van der Waals surface area contributed by atoms with E-state index in [4.69, 9.17) is 0 Å². The van der Waals surface area contributed by atoms with E-state index in [0.717, 1.165) is 18.5 Å². The Morgan fingerprint density at radius 2 is 1.94 bits per heavy atom. The molecule has 1 heterocycles. The zero-order valence-corrected chi connectivity index (χ0v) is 12.7. The van der Waals surface area contributed by atoms with Crippen LogP contribution in [0.5, 0.6) is 0 Å². The third-order valence-corrected chi connectivity index (χ3v) is 5.56. The number of hydrogen-bond donors (Lipinski definition) is 0. The van der Waals surface area contributed by atoms with Gasteiger partial charge in [-0.3, -0.25) is 0 Å². The van der Waals surface area contributed by atoms with Crippen LogP contribution in [0.15, 0.2) is 0 Å². The molecule has 0 aromatic rings. The Bertz CT molecular complexity index is 269. The molecule has 0 aromatic heterocycles. The highest BCUT2D eigenvalue weighted by Gasteiger charge is 2.49. The van der Waals surface area contributed by atoms with Gasteiger partial charge in [0.1, 0.15) is 6.71 Å². The van der Waals surface area contributed by atoms with Crippen molar-refractivity contribution < 1.29 is 0 Å². The topological polar surface area (TPSA) is 0 Å². The molecule has 1 aliphatic carbocycles. The Hall–Kier alpha value is 0.0649. The van der Waals surface area contributed by atoms with Crippen LogP contribution in [0, 0.1) is 22.7 Å². The summed E-state index contributed by atoms with van der Waals surface area (Å²) in [7, 11) is 0. The highest BCUT2D eigenvalue weighted by atomic mass is 14.5. The molecule has 1 saturated heterocycles. The van der Waals surface area contributed by atoms with Gasteiger partial charge in [0.2, 0.25) is 0 Å². The molecule has 0 bridgehead atoms. The molecule has 98 valence electrons. The van der Waals surface area contributed by atoms with E-state index in [0.29, 0.717) is 10.8 Å². The van der Waals surface area contributed by atoms with Crippen molar-refractivity contribution in [1.29, 1.82) is 0 Å². The quantitative estimate of drug-likeness (QED) is 0.575. The van der Waals surface area contributed by atoms with E-state index in [-0.39, 0.29) is 0 Å². The molecule has 2 rings (SSSR count). The second kappa shape index (κ2) is 4.63. The Labute approximate surface area is 109 Å². The molecule has 1 saturated carbocycles. The highest BCUT2D eigenvalue weighted by molar-refractivity contribution is 6.60. The van der Waals surface area contributed by atoms with Gasteiger partial charge in [-0.05, 0) is 35.5 Å². The fourth-order valence-electron chi connectivity index (χ4n) is 4.81. The Morgan fingerprint density at radius 3 is 2.59 bits per heavy atom. The van der Waals surface area contributed by atoms with Crippen molar-refractivity contribution in [1.82, 2.24) is 0 Å². The second-order valence-corrected chi connectivity index (χ2v) is 8.51. The van der Waals surface area contributed by atoms with E-state index >= 15 is 0 Å². The monoisotopic (exact) mass is 234 g/mol. The predicted octanol–water partition coefficient (Wildman–Crippen LogP) is 5.37. The molecule has 0 spiro atoms. The van der Waals surface area contributed by atoms with E-state index in [1.165, 1.54) is 38.3 Å². The predicted molar refractivity (Wildman–Crippen MR) is 78.9 cm³/mol. The van der Waals surface area contributed by atoms with E-state index in [1.54, 1.807) is 6.32 Å². The lowest BCUT2D eigenvalue weighted by Gasteiger charge is -2.45. The Balaban J connectivity index is 1.94. The van der Waals surface area contributed by atoms with Crippen LogP contribution in [0.2, 0.25) is 19.0 Å². The Morgan fingerprint density at radius 1 is 1.24 bits per heavy atom. The zero-order chi connectivity index (χ0) is 12.7. The highest BCUT2D eigenvalue weighted by Crippen LogP contribution is 2.58. The minimum Gasteiger partial charge on any atom is -0.0739 e. The zero-order valence-electron chi connectivity index (χ0n) is 12.7. The molecule has 2 aliphatic rings. The van der Waals surface area contributed by atoms with Crippen LogP contribution in [-0.4, -0.2) is 6.71 Å². The molecule has 1 heteroatoms. The molecule has 0 aromatic carbocycles. The van der Waals surface area contributed by atoms with Gasteiger partial charge in [-0.1, -0.05) is 66.4 Å². The third kappa shape index (κ3) is 3.09. The summed E-state index contributed by atoms with van der Waals surface area (Å²) in [6, 6.07) is 0. The lowest BCUT2D eigenvalue weighted by atomic mass is 9.43. The van der Waals surface area contributed by atoms with Crippen molar-refractivity contribution in [2.75, 3.05) is 0 Å². The maximum atomic E-state index is 2.59. The molecule has 2 fully saturated rings. The van der Waals surface area contributed by atoms with Crippen molar-refractivity contribution in [2.45, 2.75) is 79.3 Å². The summed E-state index contributed by atoms with van der Waals surface area (Å²) in [6.07, 6.45) is 10.4. The first kappa shape index (κ1) is 13.5. The summed E-state index contributed by atoms with van der Waals surface area (Å²) < 4.78 is 0. The lowest BCUT2D eigenvalue weighted by molar-refractivity contribution is 0.0698. The minimum absolute atomic E-state index is 0.609. The van der Waals surface area contributed by atoms with E-state index in [1.807, 2.05) is 0 Å². The van der Waals surface area contributed by atoms with Gasteiger partial charge < -0.3 is 0 Å². The fourth-order valence-corrected chi connectivity index (χ4v) is 4.81. The second-order valence-electron chi connectivity index (χ2n) is 8.51. The smallest absolute Gasteiger partial charge is 0.0739 e. The SMILES string of the molecule is CC(C)CCB1CC2CCC(C)(C)CC2(C)C1. The maximum absolute atomic E-state index is 2.59. The van der Waals surface area contributed by atoms with Crippen LogP contribution < -0.4 is 0 Å². The molecular formula is C16H31B. The van der Waals surface area contributed by atoms with Gasteiger partial charge in [-0.2, -0.15) is 0 Å². The van der Waals surface area contributed by atoms with Gasteiger partial charge in [0.25, 0.3) is 0 Å². The van der Waals surface area contributed by atoms with Crippen LogP contribution in [0.25, 0.3) is 0 Å². The first-order chi connectivity index (χ1) is 7.81. The van der Waals surface area contributed by atoms with Gasteiger partial charge >= 0.3 is 0 Å². The van der Waals surface area contributed by atoms with Gasteiger partial charge in [0.15, 0.2) is 0 Å². The molecule has 17 heavy (non-hydrogen) atoms. The van der Waals surface area contributed by atoms with Gasteiger partial charge in [0, 0.05) is 0 Å². The number of hydrogen-bond acceptors (Lipinski definition) is 0. The van der Waals surface area contributed by atoms with Crippen molar-refractivity contribution in [3.63, 3.8) is 0 Å². The molecular weight excluding hydrogens is 203 g/mol. The molecule has 0 amide bonds. The molecule has 1 aliphatic heterocycles. The first-order valence-corrected chi connectivity index (χ1v) is 7.81. The number of fused-ring (bicyclic) bond motifs is 1. The van der Waals surface area contributed by atoms with Crippen molar-refractivity contribution in [2.24, 2.45) is 22.7 Å². The molecule has 2 atom stereocenters. The standard InChI is InChI=1S/C16H31B/c1-13(2)7-9-17-10-14-6-8-15(3,4)11-16(14,5)12-17/h13-14H,6-12H2,1-5H3. The van der Waals surface area contributed by atoms with Gasteiger partial charge in [-0.15, -0.1) is 0 Å². The molecule has 2 unspecified atom stereocenters. The first-order valence-electron chi connectivity index (χ1n) is 7.81. The average Bonchev–Trinajstić information content (AvgIpc) is 2.48. The van der Waals surface area contributed by atoms with Crippen LogP contribution in [0.1, 0.15) is 60.3 Å². The molecule has 0 N–H and O–H groups in total. The normalized spacial score (nSPS) is 36.4.